The minimum absolute atomic E-state index is 0.0600. The highest BCUT2D eigenvalue weighted by atomic mass is 32.2. The molecule has 3 heterocycles. The predicted octanol–water partition coefficient (Wildman–Crippen LogP) is 2.04. The summed E-state index contributed by atoms with van der Waals surface area (Å²) in [5.74, 6) is 0.842. The lowest BCUT2D eigenvalue weighted by atomic mass is 10.1. The first-order valence-corrected chi connectivity index (χ1v) is 10.3. The Bertz CT molecular complexity index is 1130. The van der Waals surface area contributed by atoms with E-state index >= 15 is 0 Å². The zero-order chi connectivity index (χ0) is 21.3. The molecule has 0 unspecified atom stereocenters. The van der Waals surface area contributed by atoms with Crippen LogP contribution in [0.2, 0.25) is 0 Å². The van der Waals surface area contributed by atoms with Crippen LogP contribution in [0.15, 0.2) is 28.3 Å². The molecular weight excluding hydrogens is 388 g/mol. The van der Waals surface area contributed by atoms with Crippen molar-refractivity contribution in [2.75, 3.05) is 5.75 Å². The normalized spacial score (nSPS) is 11.8. The molecule has 29 heavy (non-hydrogen) atoms. The van der Waals surface area contributed by atoms with E-state index in [1.54, 1.807) is 10.6 Å². The summed E-state index contributed by atoms with van der Waals surface area (Å²) in [6.07, 6.45) is 2.07. The van der Waals surface area contributed by atoms with Crippen molar-refractivity contribution < 1.29 is 4.79 Å². The second kappa shape index (κ2) is 7.98. The zero-order valence-corrected chi connectivity index (χ0v) is 18.4. The van der Waals surface area contributed by atoms with Gasteiger partial charge in [-0.2, -0.15) is 0 Å². The topological polar surface area (TPSA) is 94.2 Å². The molecule has 0 radical (unpaired) electrons. The second-order valence-electron chi connectivity index (χ2n) is 8.13. The first kappa shape index (κ1) is 21.0. The molecule has 3 aromatic heterocycles. The fourth-order valence-corrected chi connectivity index (χ4v) is 3.69. The monoisotopic (exact) mass is 414 g/mol. The lowest BCUT2D eigenvalue weighted by molar-refractivity contribution is -0.119. The summed E-state index contributed by atoms with van der Waals surface area (Å²) in [5, 5.41) is 12.0. The highest BCUT2D eigenvalue weighted by molar-refractivity contribution is 7.99. The summed E-state index contributed by atoms with van der Waals surface area (Å²) in [4.78, 5) is 29.5. The second-order valence-corrected chi connectivity index (χ2v) is 9.08. The van der Waals surface area contributed by atoms with Gasteiger partial charge in [0.1, 0.15) is 11.5 Å². The van der Waals surface area contributed by atoms with Gasteiger partial charge in [-0.25, -0.2) is 4.98 Å². The Morgan fingerprint density at radius 2 is 1.97 bits per heavy atom. The van der Waals surface area contributed by atoms with Crippen LogP contribution < -0.4 is 10.9 Å². The van der Waals surface area contributed by atoms with Crippen molar-refractivity contribution in [1.82, 2.24) is 29.5 Å². The maximum Gasteiger partial charge on any atom is 0.261 e. The predicted molar refractivity (Wildman–Crippen MR) is 113 cm³/mol. The molecule has 0 aliphatic heterocycles. The third-order valence-electron chi connectivity index (χ3n) is 4.39. The van der Waals surface area contributed by atoms with Gasteiger partial charge in [0.05, 0.1) is 5.75 Å². The highest BCUT2D eigenvalue weighted by Gasteiger charge is 2.18. The molecule has 1 N–H and O–H groups in total. The summed E-state index contributed by atoms with van der Waals surface area (Å²) < 4.78 is 3.37. The summed E-state index contributed by atoms with van der Waals surface area (Å²) in [6, 6.07) is 3.77. The van der Waals surface area contributed by atoms with E-state index in [0.717, 1.165) is 5.56 Å². The van der Waals surface area contributed by atoms with Crippen molar-refractivity contribution in [2.45, 2.75) is 51.7 Å². The number of hydrogen-bond donors (Lipinski definition) is 1. The number of amides is 1. The minimum atomic E-state index is -0.274. The van der Waals surface area contributed by atoms with Crippen LogP contribution in [0.3, 0.4) is 0 Å². The Labute approximate surface area is 173 Å². The van der Waals surface area contributed by atoms with Crippen molar-refractivity contribution in [3.05, 3.63) is 51.3 Å². The number of aryl methyl sites for hydroxylation is 2. The molecular formula is C20H26N6O2S. The van der Waals surface area contributed by atoms with E-state index < -0.39 is 0 Å². The number of pyridine rings is 1. The molecule has 0 aliphatic rings. The Hall–Kier alpha value is -2.68. The SMILES string of the molecule is Cc1ccn2c(=O)c(Cc3nnc(SCC(=O)NC(C)(C)C)n3C)c(C)nc2c1. The lowest BCUT2D eigenvalue weighted by Crippen LogP contribution is -2.41. The summed E-state index contributed by atoms with van der Waals surface area (Å²) in [6.45, 7) is 9.62. The van der Waals surface area contributed by atoms with Gasteiger partial charge in [-0.15, -0.1) is 10.2 Å². The number of nitrogens with one attached hydrogen (secondary N) is 1. The zero-order valence-electron chi connectivity index (χ0n) is 17.6. The number of rotatable bonds is 5. The number of carbonyl (C=O) groups is 1. The minimum Gasteiger partial charge on any atom is -0.351 e. The Kier molecular flexibility index (Phi) is 5.79. The van der Waals surface area contributed by atoms with Crippen LogP contribution in [0.5, 0.6) is 0 Å². The summed E-state index contributed by atoms with van der Waals surface area (Å²) in [5.41, 5.74) is 2.58. The lowest BCUT2D eigenvalue weighted by Gasteiger charge is -2.20. The van der Waals surface area contributed by atoms with Gasteiger partial charge in [-0.05, 0) is 52.3 Å². The van der Waals surface area contributed by atoms with Crippen molar-refractivity contribution in [3.63, 3.8) is 0 Å². The van der Waals surface area contributed by atoms with Crippen LogP contribution in [0.25, 0.3) is 5.65 Å². The first-order valence-electron chi connectivity index (χ1n) is 9.36. The van der Waals surface area contributed by atoms with E-state index in [9.17, 15) is 9.59 Å². The average Bonchev–Trinajstić information content (AvgIpc) is 2.95. The molecule has 8 nitrogen and oxygen atoms in total. The van der Waals surface area contributed by atoms with Crippen molar-refractivity contribution in [2.24, 2.45) is 7.05 Å². The molecule has 0 spiro atoms. The van der Waals surface area contributed by atoms with E-state index in [4.69, 9.17) is 0 Å². The molecule has 3 aromatic rings. The van der Waals surface area contributed by atoms with Gasteiger partial charge < -0.3 is 9.88 Å². The quantitative estimate of drug-likeness (QED) is 0.642. The molecule has 3 rings (SSSR count). The van der Waals surface area contributed by atoms with E-state index in [1.807, 2.05) is 58.4 Å². The molecule has 0 saturated carbocycles. The number of thioether (sulfide) groups is 1. The largest absolute Gasteiger partial charge is 0.351 e. The first-order chi connectivity index (χ1) is 13.5. The van der Waals surface area contributed by atoms with Gasteiger partial charge in [0.25, 0.3) is 5.56 Å². The molecule has 0 saturated heterocycles. The van der Waals surface area contributed by atoms with Gasteiger partial charge in [-0.1, -0.05) is 11.8 Å². The molecule has 0 atom stereocenters. The van der Waals surface area contributed by atoms with Gasteiger partial charge >= 0.3 is 0 Å². The van der Waals surface area contributed by atoms with Gasteiger partial charge in [0.2, 0.25) is 5.91 Å². The average molecular weight is 415 g/mol. The maximum absolute atomic E-state index is 12.9. The van der Waals surface area contributed by atoms with Gasteiger partial charge in [-0.3, -0.25) is 14.0 Å². The van der Waals surface area contributed by atoms with E-state index in [0.29, 0.717) is 34.3 Å². The molecule has 0 aromatic carbocycles. The number of carbonyl (C=O) groups excluding carboxylic acids is 1. The molecule has 0 aliphatic carbocycles. The van der Waals surface area contributed by atoms with Crippen molar-refractivity contribution >= 4 is 23.3 Å². The fourth-order valence-electron chi connectivity index (χ4n) is 2.96. The van der Waals surface area contributed by atoms with E-state index in [2.05, 4.69) is 20.5 Å². The number of nitrogens with zero attached hydrogens (tertiary/aromatic N) is 5. The number of aromatic nitrogens is 5. The number of hydrogen-bond acceptors (Lipinski definition) is 6. The van der Waals surface area contributed by atoms with Crippen LogP contribution in [0.1, 0.15) is 43.4 Å². The molecule has 0 fully saturated rings. The molecule has 0 bridgehead atoms. The Balaban J connectivity index is 1.81. The Morgan fingerprint density at radius 3 is 2.66 bits per heavy atom. The number of fused-ring (bicyclic) bond motifs is 1. The third-order valence-corrected chi connectivity index (χ3v) is 5.41. The van der Waals surface area contributed by atoms with Crippen molar-refractivity contribution in [3.8, 4) is 0 Å². The smallest absolute Gasteiger partial charge is 0.261 e. The van der Waals surface area contributed by atoms with Crippen LogP contribution in [-0.2, 0) is 18.3 Å². The van der Waals surface area contributed by atoms with Crippen LogP contribution in [0.4, 0.5) is 0 Å². The summed E-state index contributed by atoms with van der Waals surface area (Å²) >= 11 is 1.32. The fraction of sp³-hybridized carbons (Fsp3) is 0.450. The molecule has 1 amide bonds. The van der Waals surface area contributed by atoms with Gasteiger partial charge in [0, 0.05) is 36.5 Å². The third kappa shape index (κ3) is 4.84. The maximum atomic E-state index is 12.9. The van der Waals surface area contributed by atoms with Crippen LogP contribution >= 0.6 is 11.8 Å². The highest BCUT2D eigenvalue weighted by Crippen LogP contribution is 2.18. The van der Waals surface area contributed by atoms with E-state index in [-0.39, 0.29) is 22.8 Å². The summed E-state index contributed by atoms with van der Waals surface area (Å²) in [7, 11) is 1.84. The van der Waals surface area contributed by atoms with Crippen molar-refractivity contribution in [1.29, 1.82) is 0 Å². The standard InChI is InChI=1S/C20H26N6O2S/c1-12-7-8-26-15(9-12)21-13(2)14(18(26)28)10-16-23-24-19(25(16)6)29-11-17(27)22-20(3,4)5/h7-9H,10-11H2,1-6H3,(H,22,27). The molecule has 154 valence electrons. The van der Waals surface area contributed by atoms with E-state index in [1.165, 1.54) is 11.8 Å². The van der Waals surface area contributed by atoms with Crippen LogP contribution in [0, 0.1) is 13.8 Å². The Morgan fingerprint density at radius 1 is 1.24 bits per heavy atom. The molecule has 9 heteroatoms. The van der Waals surface area contributed by atoms with Crippen LogP contribution in [-0.4, -0.2) is 41.3 Å². The van der Waals surface area contributed by atoms with Gasteiger partial charge in [0.15, 0.2) is 5.16 Å².